The lowest BCUT2D eigenvalue weighted by Gasteiger charge is -2.28. The van der Waals surface area contributed by atoms with Crippen LogP contribution in [0.3, 0.4) is 0 Å². The van der Waals surface area contributed by atoms with E-state index in [0.29, 0.717) is 104 Å². The molecule has 3 aliphatic rings. The molecule has 2 heterocycles. The number of aryl methyl sites for hydroxylation is 1. The molecule has 0 radical (unpaired) electrons. The van der Waals surface area contributed by atoms with E-state index >= 15 is 0 Å². The first-order valence-electron chi connectivity index (χ1n) is 34.8. The van der Waals surface area contributed by atoms with Gasteiger partial charge in [0.15, 0.2) is 52.2 Å². The van der Waals surface area contributed by atoms with Gasteiger partial charge in [-0.3, -0.25) is 77.0 Å². The largest absolute Gasteiger partial charge is 0.379 e. The molecule has 578 valence electrons. The van der Waals surface area contributed by atoms with Crippen molar-refractivity contribution in [3.63, 3.8) is 0 Å². The first-order chi connectivity index (χ1) is 49.1. The minimum Gasteiger partial charge on any atom is -0.379 e. The zero-order chi connectivity index (χ0) is 76.2. The number of nitrogens with one attached hydrogen (secondary N) is 1. The Kier molecular flexibility index (Phi) is 45.2. The third-order valence-electron chi connectivity index (χ3n) is 16.6. The van der Waals surface area contributed by atoms with E-state index in [2.05, 4.69) is 10.3 Å². The molecule has 2 saturated heterocycles. The van der Waals surface area contributed by atoms with Gasteiger partial charge >= 0.3 is 0 Å². The first-order valence-corrected chi connectivity index (χ1v) is 38.0. The minimum atomic E-state index is -2.31. The Labute approximate surface area is 616 Å². The monoisotopic (exact) mass is 1510 g/mol. The van der Waals surface area contributed by atoms with Crippen molar-refractivity contribution in [1.29, 1.82) is 0 Å². The van der Waals surface area contributed by atoms with Crippen molar-refractivity contribution in [2.75, 3.05) is 144 Å². The Bertz CT molecular complexity index is 2980. The number of ether oxygens (including phenoxy) is 9. The molecule has 1 aromatic rings. The molecule has 0 spiro atoms. The number of guanidine groups is 1. The van der Waals surface area contributed by atoms with E-state index in [0.717, 1.165) is 50.9 Å². The lowest BCUT2D eigenvalue weighted by Crippen LogP contribution is -2.50. The van der Waals surface area contributed by atoms with Gasteiger partial charge in [-0.1, -0.05) is 45.9 Å². The fourth-order valence-electron chi connectivity index (χ4n) is 10.9. The average Bonchev–Trinajstić information content (AvgIpc) is 1.50. The summed E-state index contributed by atoms with van der Waals surface area (Å²) in [5.74, 6) is -7.03. The van der Waals surface area contributed by atoms with E-state index < -0.39 is 68.0 Å². The summed E-state index contributed by atoms with van der Waals surface area (Å²) >= 11 is 1.10. The highest BCUT2D eigenvalue weighted by atomic mass is 33.2. The number of imide groups is 1. The molecule has 5 N–H and O–H groups in total. The third-order valence-corrected chi connectivity index (χ3v) is 21.4. The lowest BCUT2D eigenvalue weighted by molar-refractivity contribution is -0.155. The quantitative estimate of drug-likeness (QED) is 0.0158. The van der Waals surface area contributed by atoms with Crippen LogP contribution in [0.1, 0.15) is 138 Å². The van der Waals surface area contributed by atoms with E-state index in [-0.39, 0.29) is 189 Å². The molecular weight excluding hydrogens is 1400 g/mol. The minimum absolute atomic E-state index is 0. The highest BCUT2D eigenvalue weighted by molar-refractivity contribution is 8.94. The third kappa shape index (κ3) is 35.7. The van der Waals surface area contributed by atoms with E-state index in [1.54, 1.807) is 59.7 Å². The fraction of sp³-hybridized carbons (Fsp3) is 0.690. The van der Waals surface area contributed by atoms with Crippen molar-refractivity contribution >= 4 is 126 Å². The van der Waals surface area contributed by atoms with Crippen LogP contribution in [0.4, 0.5) is 0 Å². The van der Waals surface area contributed by atoms with Crippen LogP contribution < -0.4 is 16.8 Å². The first kappa shape index (κ1) is 91.0. The lowest BCUT2D eigenvalue weighted by atomic mass is 9.72. The van der Waals surface area contributed by atoms with Crippen LogP contribution in [0.25, 0.3) is 0 Å². The van der Waals surface area contributed by atoms with Gasteiger partial charge in [0.2, 0.25) is 23.1 Å². The molecule has 2 unspecified atom stereocenters. The second-order valence-electron chi connectivity index (χ2n) is 25.0. The van der Waals surface area contributed by atoms with Gasteiger partial charge in [0.05, 0.1) is 116 Å². The molecule has 2 aliphatic heterocycles. The predicted octanol–water partition coefficient (Wildman–Crippen LogP) is 3.97. The number of nitrogens with zero attached hydrogens (tertiary/aromatic N) is 2. The molecule has 0 bridgehead atoms. The van der Waals surface area contributed by atoms with Gasteiger partial charge in [-0.15, -0.1) is 11.8 Å². The second-order valence-corrected chi connectivity index (χ2v) is 29.1. The van der Waals surface area contributed by atoms with Crippen LogP contribution in [0.5, 0.6) is 0 Å². The van der Waals surface area contributed by atoms with Crippen molar-refractivity contribution in [1.82, 2.24) is 10.2 Å². The molecule has 1 aliphatic carbocycles. The number of hydrogen-bond donors (Lipinski definition) is 3. The van der Waals surface area contributed by atoms with Crippen LogP contribution >= 0.6 is 33.3 Å². The molecule has 32 heteroatoms. The van der Waals surface area contributed by atoms with Gasteiger partial charge in [0.25, 0.3) is 0 Å². The maximum Gasteiger partial charge on any atom is 0.230 e. The highest BCUT2D eigenvalue weighted by Crippen LogP contribution is 2.70. The molecule has 3 fully saturated rings. The topological polar surface area (TPSA) is 419 Å². The van der Waals surface area contributed by atoms with Crippen molar-refractivity contribution in [2.45, 2.75) is 147 Å². The number of carbonyl (C=O) groups excluding carboxylic acids is 15. The number of carbonyl (C=O) groups is 15. The van der Waals surface area contributed by atoms with E-state index in [1.807, 2.05) is 0 Å². The Morgan fingerprint density at radius 3 is 1.63 bits per heavy atom. The fourth-order valence-corrected chi connectivity index (χ4v) is 15.0. The van der Waals surface area contributed by atoms with Crippen LogP contribution in [0.15, 0.2) is 29.3 Å². The van der Waals surface area contributed by atoms with Crippen LogP contribution in [0, 0.1) is 23.2 Å². The summed E-state index contributed by atoms with van der Waals surface area (Å²) in [7, 11) is 3.14. The van der Waals surface area contributed by atoms with E-state index in [1.165, 1.54) is 11.8 Å². The SMILES string of the molecule is CC(=O)CCOCCOCCOCCOCCCC(=O)CCC1C(=O)CC(SC[C@H](CC(=O)COCC(=O)Cc2ccc(CCC(=O)N3CCC3=O)cc2)C(=O)NCCOCCOCCOCCOCCC(=O)C(C(C)=O)(C(C)=O)C(C)=O)C1=O.CC(=O)C[C@H](CCCN=C(N)N)C1(C(C)=O)SS1.[HH]. The summed E-state index contributed by atoms with van der Waals surface area (Å²) in [6.45, 7) is 12.0. The predicted molar refractivity (Wildman–Crippen MR) is 385 cm³/mol. The average molecular weight is 1510 g/mol. The molecule has 0 aromatic heterocycles. The summed E-state index contributed by atoms with van der Waals surface area (Å²) in [6, 6.07) is 7.14. The zero-order valence-electron chi connectivity index (χ0n) is 60.4. The Hall–Kier alpha value is -6.17. The number of amides is 3. The van der Waals surface area contributed by atoms with Gasteiger partial charge < -0.3 is 64.2 Å². The molecule has 4 rings (SSSR count). The Morgan fingerprint density at radius 2 is 1.14 bits per heavy atom. The second kappa shape index (κ2) is 51.1. The number of nitrogens with two attached hydrogens (primary N) is 2. The Balaban J connectivity index is 0.00000168. The number of hydrogen-bond acceptors (Lipinski definition) is 28. The standard InChI is InChI=1S/C60H86N2O22S.C11H19N3O2S2.H2/c1-42(63)16-21-77-25-29-81-33-32-80-28-24-76-20-5-6-49(67)12-13-52-53(70)38-54(58(52)74)85-41-48(37-51(69)40-84-39-50(68)36-47-9-7-46(8-10-47)11-14-56(72)62-19-15-57(62)73)59(75)61-18-23-79-27-31-83-35-34-82-30-26-78-22-17-55(71)60(43(2)64,44(3)65)45(4)66;1-7(15)6-9(4-3-5-14-10(12)13)11(8(2)16)17-18-11;/h7-10,48,52,54H,5-6,11-41H2,1-4H3,(H,61,75);9H,3-6H2,1-2H3,(H4,12,13,14);1H/t48-,52?,54?;9-;/m00./s1. The molecule has 1 saturated carbocycles. The van der Waals surface area contributed by atoms with Crippen molar-refractivity contribution in [3.8, 4) is 0 Å². The normalized spacial score (nSPS) is 15.8. The summed E-state index contributed by atoms with van der Waals surface area (Å²) in [5.41, 5.74) is 9.77. The highest BCUT2D eigenvalue weighted by Gasteiger charge is 2.56. The van der Waals surface area contributed by atoms with Crippen LogP contribution in [0.2, 0.25) is 0 Å². The summed E-state index contributed by atoms with van der Waals surface area (Å²) in [5, 5.41) is 1.99. The van der Waals surface area contributed by atoms with Crippen molar-refractivity contribution < 1.29 is 116 Å². The van der Waals surface area contributed by atoms with E-state index in [9.17, 15) is 71.9 Å². The van der Waals surface area contributed by atoms with E-state index in [4.69, 9.17) is 54.1 Å². The molecule has 4 atom stereocenters. The Morgan fingerprint density at radius 1 is 0.612 bits per heavy atom. The molecular formula is C71H107N5O24S3. The summed E-state index contributed by atoms with van der Waals surface area (Å²) in [6.07, 6.45) is 3.58. The number of aliphatic imine (C=N–C) groups is 1. The maximum atomic E-state index is 13.6. The number of likely N-dealkylation sites (tertiary alicyclic amines) is 1. The maximum absolute atomic E-state index is 13.6. The summed E-state index contributed by atoms with van der Waals surface area (Å²) < 4.78 is 48.7. The van der Waals surface area contributed by atoms with Crippen LogP contribution in [-0.4, -0.2) is 252 Å². The number of rotatable bonds is 61. The number of Topliss-reactive ketones (excluding diaryl/α,β-unsaturated/α-hetero) is 12. The van der Waals surface area contributed by atoms with Crippen molar-refractivity contribution in [3.05, 3.63) is 35.4 Å². The van der Waals surface area contributed by atoms with Gasteiger partial charge in [0, 0.05) is 97.6 Å². The number of benzene rings is 1. The number of β-lactam (4-membered cyclic amide) rings is 1. The number of thioether (sulfide) groups is 1. The molecule has 29 nitrogen and oxygen atoms in total. The molecule has 3 amide bonds. The summed E-state index contributed by atoms with van der Waals surface area (Å²) in [4.78, 5) is 190. The number of ketones is 12. The molecule has 103 heavy (non-hydrogen) atoms. The van der Waals surface area contributed by atoms with Gasteiger partial charge in [-0.2, -0.15) is 0 Å². The van der Waals surface area contributed by atoms with Gasteiger partial charge in [-0.25, -0.2) is 0 Å². The zero-order valence-corrected chi connectivity index (χ0v) is 62.8. The molecule has 1 aromatic carbocycles. The van der Waals surface area contributed by atoms with Gasteiger partial charge in [0.1, 0.15) is 40.4 Å². The van der Waals surface area contributed by atoms with Gasteiger partial charge in [-0.05, 0) is 90.7 Å². The van der Waals surface area contributed by atoms with Crippen molar-refractivity contribution in [2.24, 2.45) is 39.6 Å². The smallest absolute Gasteiger partial charge is 0.230 e. The van der Waals surface area contributed by atoms with Crippen LogP contribution in [-0.2, 0) is 127 Å².